The molecular formula is C20H26N2O2S. The topological polar surface area (TPSA) is 34.6 Å². The average Bonchev–Trinajstić information content (AvgIpc) is 3.29. The summed E-state index contributed by atoms with van der Waals surface area (Å²) in [6.07, 6.45) is 6.02. The van der Waals surface area contributed by atoms with Crippen molar-refractivity contribution in [1.29, 1.82) is 0 Å². The Bertz CT molecular complexity index is 715. The molecule has 1 unspecified atom stereocenters. The van der Waals surface area contributed by atoms with Gasteiger partial charge in [0.25, 0.3) is 0 Å². The van der Waals surface area contributed by atoms with E-state index in [0.717, 1.165) is 31.0 Å². The van der Waals surface area contributed by atoms with Crippen molar-refractivity contribution in [2.75, 3.05) is 19.8 Å². The van der Waals surface area contributed by atoms with Crippen molar-refractivity contribution >= 4 is 11.3 Å². The minimum atomic E-state index is 0.455. The van der Waals surface area contributed by atoms with Crippen molar-refractivity contribution in [1.82, 2.24) is 9.88 Å². The van der Waals surface area contributed by atoms with E-state index in [1.165, 1.54) is 41.9 Å². The number of benzene rings is 1. The number of aryl methyl sites for hydroxylation is 1. The van der Waals surface area contributed by atoms with Crippen molar-refractivity contribution < 1.29 is 9.47 Å². The van der Waals surface area contributed by atoms with Gasteiger partial charge in [0, 0.05) is 18.0 Å². The number of hydrogen-bond donors (Lipinski definition) is 0. The first-order valence-corrected chi connectivity index (χ1v) is 10.3. The number of ether oxygens (including phenoxy) is 2. The Labute approximate surface area is 153 Å². The Hall–Kier alpha value is -1.59. The lowest BCUT2D eigenvalue weighted by atomic mass is 10.0. The van der Waals surface area contributed by atoms with E-state index in [-0.39, 0.29) is 0 Å². The fraction of sp³-hybridized carbons (Fsp3) is 0.550. The fourth-order valence-electron chi connectivity index (χ4n) is 3.73. The zero-order valence-electron chi connectivity index (χ0n) is 14.9. The molecule has 4 nitrogen and oxygen atoms in total. The van der Waals surface area contributed by atoms with Crippen LogP contribution in [0.4, 0.5) is 0 Å². The zero-order chi connectivity index (χ0) is 17.1. The van der Waals surface area contributed by atoms with E-state index in [1.807, 2.05) is 11.3 Å². The van der Waals surface area contributed by atoms with Gasteiger partial charge >= 0.3 is 0 Å². The van der Waals surface area contributed by atoms with Crippen molar-refractivity contribution in [2.24, 2.45) is 0 Å². The van der Waals surface area contributed by atoms with E-state index in [4.69, 9.17) is 14.5 Å². The van der Waals surface area contributed by atoms with Gasteiger partial charge in [-0.3, -0.25) is 4.90 Å². The molecule has 0 bridgehead atoms. The van der Waals surface area contributed by atoms with Gasteiger partial charge in [-0.1, -0.05) is 19.4 Å². The van der Waals surface area contributed by atoms with Crippen molar-refractivity contribution in [3.05, 3.63) is 39.8 Å². The highest BCUT2D eigenvalue weighted by molar-refractivity contribution is 7.09. The van der Waals surface area contributed by atoms with Crippen molar-refractivity contribution in [3.63, 3.8) is 0 Å². The van der Waals surface area contributed by atoms with Gasteiger partial charge in [-0.05, 0) is 49.9 Å². The van der Waals surface area contributed by atoms with Gasteiger partial charge < -0.3 is 9.47 Å². The molecule has 0 N–H and O–H groups in total. The van der Waals surface area contributed by atoms with E-state index in [2.05, 4.69) is 35.4 Å². The average molecular weight is 359 g/mol. The molecule has 1 fully saturated rings. The molecule has 2 aliphatic rings. The van der Waals surface area contributed by atoms with Crippen LogP contribution >= 0.6 is 11.3 Å². The number of unbranched alkanes of at least 4 members (excludes halogenated alkanes) is 1. The second-order valence-corrected chi connectivity index (χ2v) is 7.81. The van der Waals surface area contributed by atoms with Gasteiger partial charge in [-0.25, -0.2) is 4.98 Å². The molecular weight excluding hydrogens is 332 g/mol. The molecule has 3 heterocycles. The van der Waals surface area contributed by atoms with E-state index in [0.29, 0.717) is 19.3 Å². The Morgan fingerprint density at radius 3 is 3.00 bits per heavy atom. The van der Waals surface area contributed by atoms with Crippen molar-refractivity contribution in [3.8, 4) is 11.5 Å². The predicted octanol–water partition coefficient (Wildman–Crippen LogP) is 4.59. The third-order valence-corrected chi connectivity index (χ3v) is 5.98. The minimum absolute atomic E-state index is 0.455. The summed E-state index contributed by atoms with van der Waals surface area (Å²) < 4.78 is 11.4. The van der Waals surface area contributed by atoms with Crippen LogP contribution in [0.5, 0.6) is 11.5 Å². The Kier molecular flexibility index (Phi) is 5.22. The monoisotopic (exact) mass is 358 g/mol. The van der Waals surface area contributed by atoms with Crippen LogP contribution in [0.1, 0.15) is 54.9 Å². The molecule has 0 saturated carbocycles. The first-order chi connectivity index (χ1) is 12.3. The summed E-state index contributed by atoms with van der Waals surface area (Å²) in [5, 5.41) is 3.52. The number of nitrogens with zero attached hydrogens (tertiary/aromatic N) is 2. The van der Waals surface area contributed by atoms with Gasteiger partial charge in [0.05, 0.1) is 10.7 Å². The maximum Gasteiger partial charge on any atom is 0.161 e. The molecule has 0 amide bonds. The molecule has 4 rings (SSSR count). The standard InChI is InChI=1S/C20H26N2O2S/c1-2-3-6-20-21-16(14-25-20)13-22-9-4-5-17(22)15-7-8-18-19(12-15)24-11-10-23-18/h7-8,12,14,17H,2-6,9-11,13H2,1H3. The molecule has 2 aromatic rings. The van der Waals surface area contributed by atoms with E-state index in [1.54, 1.807) is 0 Å². The summed E-state index contributed by atoms with van der Waals surface area (Å²) in [6.45, 7) is 5.61. The Morgan fingerprint density at radius 1 is 1.24 bits per heavy atom. The summed E-state index contributed by atoms with van der Waals surface area (Å²) in [4.78, 5) is 7.40. The lowest BCUT2D eigenvalue weighted by molar-refractivity contribution is 0.170. The second kappa shape index (κ2) is 7.75. The summed E-state index contributed by atoms with van der Waals surface area (Å²) in [7, 11) is 0. The molecule has 0 radical (unpaired) electrons. The predicted molar refractivity (Wildman–Crippen MR) is 101 cm³/mol. The molecule has 1 saturated heterocycles. The summed E-state index contributed by atoms with van der Waals surface area (Å²) >= 11 is 1.81. The normalized spacial score (nSPS) is 20.1. The molecule has 5 heteroatoms. The number of likely N-dealkylation sites (tertiary alicyclic amines) is 1. The fourth-order valence-corrected chi connectivity index (χ4v) is 4.56. The number of thiazole rings is 1. The van der Waals surface area contributed by atoms with Gasteiger partial charge in [-0.15, -0.1) is 11.3 Å². The lowest BCUT2D eigenvalue weighted by Gasteiger charge is -2.26. The van der Waals surface area contributed by atoms with E-state index < -0.39 is 0 Å². The lowest BCUT2D eigenvalue weighted by Crippen LogP contribution is -2.23. The zero-order valence-corrected chi connectivity index (χ0v) is 15.7. The highest BCUT2D eigenvalue weighted by atomic mass is 32.1. The quantitative estimate of drug-likeness (QED) is 0.756. The SMILES string of the molecule is CCCCc1nc(CN2CCCC2c2ccc3c(c2)OCCO3)cs1. The minimum Gasteiger partial charge on any atom is -0.486 e. The molecule has 1 atom stereocenters. The van der Waals surface area contributed by atoms with Gasteiger partial charge in [0.2, 0.25) is 0 Å². The second-order valence-electron chi connectivity index (χ2n) is 6.87. The van der Waals surface area contributed by atoms with Crippen LogP contribution < -0.4 is 9.47 Å². The van der Waals surface area contributed by atoms with Gasteiger partial charge in [0.15, 0.2) is 11.5 Å². The third kappa shape index (κ3) is 3.82. The van der Waals surface area contributed by atoms with Gasteiger partial charge in [-0.2, -0.15) is 0 Å². The molecule has 1 aromatic carbocycles. The number of hydrogen-bond acceptors (Lipinski definition) is 5. The summed E-state index contributed by atoms with van der Waals surface area (Å²) in [5.74, 6) is 1.77. The van der Waals surface area contributed by atoms with Crippen LogP contribution in [0.25, 0.3) is 0 Å². The first kappa shape index (κ1) is 16.9. The Morgan fingerprint density at radius 2 is 2.12 bits per heavy atom. The van der Waals surface area contributed by atoms with E-state index in [9.17, 15) is 0 Å². The molecule has 134 valence electrons. The molecule has 1 aromatic heterocycles. The van der Waals surface area contributed by atoms with Crippen LogP contribution in [0.3, 0.4) is 0 Å². The third-order valence-electron chi connectivity index (χ3n) is 5.02. The van der Waals surface area contributed by atoms with Crippen LogP contribution in [0.2, 0.25) is 0 Å². The van der Waals surface area contributed by atoms with Crippen LogP contribution in [0.15, 0.2) is 23.6 Å². The molecule has 0 spiro atoms. The summed E-state index contributed by atoms with van der Waals surface area (Å²) in [5.41, 5.74) is 2.56. The van der Waals surface area contributed by atoms with Gasteiger partial charge in [0.1, 0.15) is 13.2 Å². The van der Waals surface area contributed by atoms with Crippen LogP contribution in [-0.2, 0) is 13.0 Å². The Balaban J connectivity index is 1.46. The van der Waals surface area contributed by atoms with Crippen molar-refractivity contribution in [2.45, 2.75) is 51.6 Å². The molecule has 25 heavy (non-hydrogen) atoms. The van der Waals surface area contributed by atoms with Crippen LogP contribution in [-0.4, -0.2) is 29.6 Å². The maximum absolute atomic E-state index is 5.76. The largest absolute Gasteiger partial charge is 0.486 e. The number of rotatable bonds is 6. The summed E-state index contributed by atoms with van der Waals surface area (Å²) in [6, 6.07) is 6.89. The van der Waals surface area contributed by atoms with E-state index >= 15 is 0 Å². The number of aromatic nitrogens is 1. The maximum atomic E-state index is 5.76. The molecule has 2 aliphatic heterocycles. The smallest absolute Gasteiger partial charge is 0.161 e. The van der Waals surface area contributed by atoms with Crippen LogP contribution in [0, 0.1) is 0 Å². The highest BCUT2D eigenvalue weighted by Crippen LogP contribution is 2.38. The highest BCUT2D eigenvalue weighted by Gasteiger charge is 2.27. The molecule has 0 aliphatic carbocycles. The number of fused-ring (bicyclic) bond motifs is 1. The first-order valence-electron chi connectivity index (χ1n) is 9.40.